The molecule has 1 aromatic rings. The lowest BCUT2D eigenvalue weighted by Gasteiger charge is -2.20. The molecule has 2 aliphatic heterocycles. The fourth-order valence-electron chi connectivity index (χ4n) is 3.69. The highest BCUT2D eigenvalue weighted by Gasteiger charge is 2.42. The van der Waals surface area contributed by atoms with Crippen LogP contribution >= 0.6 is 0 Å². The molecule has 0 saturated heterocycles. The van der Waals surface area contributed by atoms with E-state index in [2.05, 4.69) is 17.0 Å². The van der Waals surface area contributed by atoms with Crippen LogP contribution in [0.4, 0.5) is 0 Å². The second kappa shape index (κ2) is 7.04. The average Bonchev–Trinajstić information content (AvgIpc) is 3.43. The minimum Gasteiger partial charge on any atom is -0.493 e. The van der Waals surface area contributed by atoms with Gasteiger partial charge in [-0.3, -0.25) is 20.6 Å². The summed E-state index contributed by atoms with van der Waals surface area (Å²) in [5.41, 5.74) is 6.43. The minimum absolute atomic E-state index is 0.241. The van der Waals surface area contributed by atoms with Crippen LogP contribution in [-0.2, 0) is 9.68 Å². The molecular weight excluding hydrogens is 358 g/mol. The lowest BCUT2D eigenvalue weighted by atomic mass is 9.96. The molecule has 0 amide bonds. The number of nitrogens with zero attached hydrogens (tertiary/aromatic N) is 1. The molecule has 2 unspecified atom stereocenters. The molecule has 1 saturated carbocycles. The van der Waals surface area contributed by atoms with Gasteiger partial charge in [-0.15, -0.1) is 0 Å². The van der Waals surface area contributed by atoms with Gasteiger partial charge in [0.05, 0.1) is 24.6 Å². The van der Waals surface area contributed by atoms with Gasteiger partial charge in [0.15, 0.2) is 22.7 Å². The fourth-order valence-corrected chi connectivity index (χ4v) is 3.69. The molecule has 0 bridgehead atoms. The molecule has 4 rings (SSSR count). The largest absolute Gasteiger partial charge is 0.493 e. The van der Waals surface area contributed by atoms with E-state index < -0.39 is 11.2 Å². The predicted octanol–water partition coefficient (Wildman–Crippen LogP) is 3.35. The van der Waals surface area contributed by atoms with Gasteiger partial charge in [0.2, 0.25) is 0 Å². The van der Waals surface area contributed by atoms with Gasteiger partial charge in [0, 0.05) is 5.56 Å². The number of methoxy groups -OCH3 is 1. The monoisotopic (exact) mass is 383 g/mol. The Bertz CT molecular complexity index is 869. The van der Waals surface area contributed by atoms with Crippen molar-refractivity contribution in [2.24, 2.45) is 0 Å². The van der Waals surface area contributed by atoms with Crippen LogP contribution in [0.3, 0.4) is 0 Å². The van der Waals surface area contributed by atoms with Crippen molar-refractivity contribution in [2.45, 2.75) is 56.8 Å². The van der Waals surface area contributed by atoms with Gasteiger partial charge in [-0.25, -0.2) is 0 Å². The molecule has 0 radical (unpaired) electrons. The lowest BCUT2D eigenvalue weighted by molar-refractivity contribution is -0.0339. The van der Waals surface area contributed by atoms with Crippen LogP contribution in [0.15, 0.2) is 36.0 Å². The molecule has 1 aromatic carbocycles. The highest BCUT2D eigenvalue weighted by atomic mass is 16.7. The maximum atomic E-state index is 9.24. The summed E-state index contributed by atoms with van der Waals surface area (Å²) < 4.78 is 11.7. The third-order valence-electron chi connectivity index (χ3n) is 5.41. The Morgan fingerprint density at radius 1 is 1.11 bits per heavy atom. The molecular formula is C21H25N3O4. The summed E-state index contributed by atoms with van der Waals surface area (Å²) in [4.78, 5) is 11.2. The zero-order valence-electron chi connectivity index (χ0n) is 16.4. The molecule has 3 aliphatic rings. The minimum atomic E-state index is -1.01. The van der Waals surface area contributed by atoms with Crippen molar-refractivity contribution in [3.8, 4) is 17.6 Å². The van der Waals surface area contributed by atoms with Gasteiger partial charge >= 0.3 is 0 Å². The number of nitrogens with one attached hydrogen (secondary N) is 2. The first-order valence-corrected chi connectivity index (χ1v) is 9.55. The van der Waals surface area contributed by atoms with Crippen molar-refractivity contribution < 1.29 is 19.1 Å². The summed E-state index contributed by atoms with van der Waals surface area (Å²) in [5.74, 6) is 1.46. The zero-order chi connectivity index (χ0) is 19.8. The normalized spacial score (nSPS) is 29.5. The second-order valence-corrected chi connectivity index (χ2v) is 7.74. The van der Waals surface area contributed by atoms with Crippen molar-refractivity contribution in [1.29, 1.82) is 5.26 Å². The zero-order valence-corrected chi connectivity index (χ0v) is 16.4. The maximum Gasteiger partial charge on any atom is 0.199 e. The third kappa shape index (κ3) is 3.41. The number of ether oxygens (including phenoxy) is 2. The van der Waals surface area contributed by atoms with E-state index in [1.54, 1.807) is 20.1 Å². The van der Waals surface area contributed by atoms with E-state index >= 15 is 0 Å². The van der Waals surface area contributed by atoms with Crippen molar-refractivity contribution in [3.05, 3.63) is 41.6 Å². The fraction of sp³-hybridized carbons (Fsp3) is 0.476. The van der Waals surface area contributed by atoms with E-state index in [4.69, 9.17) is 19.1 Å². The topological polar surface area (TPSA) is 84.8 Å². The average molecular weight is 383 g/mol. The molecule has 7 nitrogen and oxygen atoms in total. The molecule has 1 aliphatic carbocycles. The summed E-state index contributed by atoms with van der Waals surface area (Å²) in [5, 5.41) is 9.24. The van der Waals surface area contributed by atoms with Gasteiger partial charge in [0.25, 0.3) is 0 Å². The Morgan fingerprint density at radius 3 is 2.57 bits per heavy atom. The molecule has 7 heteroatoms. The predicted molar refractivity (Wildman–Crippen MR) is 103 cm³/mol. The summed E-state index contributed by atoms with van der Waals surface area (Å²) >= 11 is 0. The number of hydrogen-bond acceptors (Lipinski definition) is 7. The smallest absolute Gasteiger partial charge is 0.199 e. The molecule has 2 heterocycles. The molecule has 1 fully saturated rings. The lowest BCUT2D eigenvalue weighted by Crippen LogP contribution is -2.33. The Labute approximate surface area is 164 Å². The van der Waals surface area contributed by atoms with E-state index in [-0.39, 0.29) is 6.10 Å². The number of hydroxylamine groups is 2. The van der Waals surface area contributed by atoms with Gasteiger partial charge in [-0.1, -0.05) is 0 Å². The van der Waals surface area contributed by atoms with E-state index in [0.717, 1.165) is 35.6 Å². The highest BCUT2D eigenvalue weighted by Crippen LogP contribution is 2.38. The summed E-state index contributed by atoms with van der Waals surface area (Å²) in [6.45, 7) is 3.59. The molecule has 28 heavy (non-hydrogen) atoms. The molecule has 2 atom stereocenters. The Balaban J connectivity index is 1.60. The second-order valence-electron chi connectivity index (χ2n) is 7.74. The SMILES string of the molecule is COc1ccc(C2=CC(C)(C3=CC(C)(C#N)ON3)ON2)cc1OC1CCCC1. The molecule has 2 N–H and O–H groups in total. The van der Waals surface area contributed by atoms with E-state index in [0.29, 0.717) is 5.70 Å². The van der Waals surface area contributed by atoms with Crippen LogP contribution in [0.25, 0.3) is 5.70 Å². The third-order valence-corrected chi connectivity index (χ3v) is 5.41. The van der Waals surface area contributed by atoms with Crippen molar-refractivity contribution in [1.82, 2.24) is 11.0 Å². The van der Waals surface area contributed by atoms with Gasteiger partial charge < -0.3 is 9.47 Å². The molecule has 0 aromatic heterocycles. The van der Waals surface area contributed by atoms with Crippen LogP contribution in [0.5, 0.6) is 11.5 Å². The molecule has 148 valence electrons. The quantitative estimate of drug-likeness (QED) is 0.806. The Hall–Kier alpha value is -2.69. The first kappa shape index (κ1) is 18.7. The first-order chi connectivity index (χ1) is 13.4. The summed E-state index contributed by atoms with van der Waals surface area (Å²) in [7, 11) is 1.65. The van der Waals surface area contributed by atoms with Gasteiger partial charge in [-0.2, -0.15) is 5.26 Å². The van der Waals surface area contributed by atoms with Crippen molar-refractivity contribution >= 4 is 5.70 Å². The van der Waals surface area contributed by atoms with Crippen LogP contribution in [0.2, 0.25) is 0 Å². The van der Waals surface area contributed by atoms with Gasteiger partial charge in [-0.05, 0) is 69.9 Å². The van der Waals surface area contributed by atoms with Crippen molar-refractivity contribution in [3.63, 3.8) is 0 Å². The Kier molecular flexibility index (Phi) is 4.69. The number of rotatable bonds is 5. The van der Waals surface area contributed by atoms with Crippen LogP contribution in [0.1, 0.15) is 45.1 Å². The van der Waals surface area contributed by atoms with Crippen molar-refractivity contribution in [2.75, 3.05) is 7.11 Å². The number of hydrogen-bond donors (Lipinski definition) is 2. The number of nitriles is 1. The van der Waals surface area contributed by atoms with Gasteiger partial charge in [0.1, 0.15) is 6.07 Å². The maximum absolute atomic E-state index is 9.24. The molecule has 0 spiro atoms. The van der Waals surface area contributed by atoms with Crippen LogP contribution in [-0.4, -0.2) is 24.4 Å². The summed E-state index contributed by atoms with van der Waals surface area (Å²) in [6, 6.07) is 7.95. The first-order valence-electron chi connectivity index (χ1n) is 9.55. The summed E-state index contributed by atoms with van der Waals surface area (Å²) in [6.07, 6.45) is 8.50. The van der Waals surface area contributed by atoms with E-state index in [1.165, 1.54) is 12.8 Å². The van der Waals surface area contributed by atoms with E-state index in [9.17, 15) is 5.26 Å². The highest BCUT2D eigenvalue weighted by molar-refractivity contribution is 5.69. The standard InChI is InChI=1S/C21H25N3O4/c1-20(13-22)12-19(24-27-20)21(2)11-16(23-28-21)14-8-9-17(25-3)18(10-14)26-15-6-4-5-7-15/h8-12,15,23-24H,4-7H2,1-3H3. The Morgan fingerprint density at radius 2 is 1.89 bits per heavy atom. The van der Waals surface area contributed by atoms with E-state index in [1.807, 2.05) is 31.2 Å². The number of benzene rings is 1. The van der Waals surface area contributed by atoms with Crippen LogP contribution in [0, 0.1) is 11.3 Å². The van der Waals surface area contributed by atoms with Crippen LogP contribution < -0.4 is 20.4 Å².